The first kappa shape index (κ1) is 22.6. The van der Waals surface area contributed by atoms with Crippen LogP contribution in [0.3, 0.4) is 0 Å². The monoisotopic (exact) mass is 180 g/mol. The van der Waals surface area contributed by atoms with Gasteiger partial charge in [-0.15, -0.1) is 0 Å². The zero-order chi connectivity index (χ0) is 3.41. The SMILES string of the molecule is NCCN.[KH].[KH].[KH]. The third kappa shape index (κ3) is 24.8. The molecule has 0 fully saturated rings. The van der Waals surface area contributed by atoms with Crippen LogP contribution in [0, 0.1) is 0 Å². The van der Waals surface area contributed by atoms with Gasteiger partial charge in [0.25, 0.3) is 0 Å². The zero-order valence-electron chi connectivity index (χ0n) is 2.57. The average molecular weight is 180 g/mol. The van der Waals surface area contributed by atoms with Crippen LogP contribution >= 0.6 is 0 Å². The molecule has 5 heteroatoms. The van der Waals surface area contributed by atoms with Crippen LogP contribution in [0.1, 0.15) is 0 Å². The molecule has 0 unspecified atom stereocenters. The number of rotatable bonds is 1. The summed E-state index contributed by atoms with van der Waals surface area (Å²) in [5, 5.41) is 0. The molecule has 0 rings (SSSR count). The predicted molar refractivity (Wildman–Crippen MR) is 39.6 cm³/mol. The molecule has 0 aromatic heterocycles. The molecule has 0 saturated carbocycles. The maximum absolute atomic E-state index is 4.90. The summed E-state index contributed by atoms with van der Waals surface area (Å²) in [5.41, 5.74) is 9.81. The molecule has 0 aliphatic carbocycles. The van der Waals surface area contributed by atoms with Crippen molar-refractivity contribution in [2.75, 3.05) is 13.1 Å². The fourth-order valence-corrected chi connectivity index (χ4v) is 0. The Kier molecular flexibility index (Phi) is 72.5. The molecule has 2 nitrogen and oxygen atoms in total. The summed E-state index contributed by atoms with van der Waals surface area (Å²) in [4.78, 5) is 0. The second-order valence-electron chi connectivity index (χ2n) is 0.577. The van der Waals surface area contributed by atoms with Gasteiger partial charge >= 0.3 is 154 Å². The van der Waals surface area contributed by atoms with E-state index >= 15 is 0 Å². The molecule has 4 N–H and O–H groups in total. The van der Waals surface area contributed by atoms with Gasteiger partial charge in [-0.05, 0) is 0 Å². The molecule has 0 aromatic carbocycles. The van der Waals surface area contributed by atoms with Crippen LogP contribution in [0.4, 0.5) is 0 Å². The van der Waals surface area contributed by atoms with E-state index in [4.69, 9.17) is 11.5 Å². The standard InChI is InChI=1S/C2H8N2.3K.3H/c3-1-2-4;;;;;;/h1-4H2;;;;;;. The van der Waals surface area contributed by atoms with Gasteiger partial charge in [-0.3, -0.25) is 0 Å². The van der Waals surface area contributed by atoms with E-state index in [1.54, 1.807) is 0 Å². The van der Waals surface area contributed by atoms with Gasteiger partial charge in [-0.2, -0.15) is 0 Å². The fourth-order valence-electron chi connectivity index (χ4n) is 0. The fraction of sp³-hybridized carbons (Fsp3) is 1.00. The van der Waals surface area contributed by atoms with Crippen LogP contribution in [0.15, 0.2) is 0 Å². The van der Waals surface area contributed by atoms with E-state index in [9.17, 15) is 0 Å². The number of nitrogens with two attached hydrogens (primary N) is 2. The first-order valence-electron chi connectivity index (χ1n) is 1.32. The molecular formula is C2H11K3N2. The summed E-state index contributed by atoms with van der Waals surface area (Å²) in [5.74, 6) is 0. The number of hydrogen-bond acceptors (Lipinski definition) is 2. The van der Waals surface area contributed by atoms with Crippen LogP contribution in [0.2, 0.25) is 0 Å². The van der Waals surface area contributed by atoms with E-state index in [0.29, 0.717) is 13.1 Å². The van der Waals surface area contributed by atoms with Crippen LogP contribution in [0.5, 0.6) is 0 Å². The second kappa shape index (κ2) is 22.4. The van der Waals surface area contributed by atoms with Gasteiger partial charge in [0.15, 0.2) is 0 Å². The van der Waals surface area contributed by atoms with Crippen molar-refractivity contribution in [3.8, 4) is 0 Å². The van der Waals surface area contributed by atoms with Crippen LogP contribution in [-0.2, 0) is 0 Å². The molecule has 0 bridgehead atoms. The van der Waals surface area contributed by atoms with Crippen molar-refractivity contribution in [1.29, 1.82) is 0 Å². The normalized spacial score (nSPS) is 4.29. The van der Waals surface area contributed by atoms with Crippen molar-refractivity contribution in [1.82, 2.24) is 0 Å². The van der Waals surface area contributed by atoms with Crippen LogP contribution in [0.25, 0.3) is 0 Å². The van der Waals surface area contributed by atoms with Gasteiger partial charge in [-0.1, -0.05) is 0 Å². The molecule has 0 saturated heterocycles. The summed E-state index contributed by atoms with van der Waals surface area (Å²) in [6.45, 7) is 1.19. The van der Waals surface area contributed by atoms with Gasteiger partial charge in [0.2, 0.25) is 0 Å². The molecule has 0 spiro atoms. The van der Waals surface area contributed by atoms with E-state index in [-0.39, 0.29) is 154 Å². The van der Waals surface area contributed by atoms with E-state index in [1.165, 1.54) is 0 Å². The minimum absolute atomic E-state index is 0. The Morgan fingerprint density at radius 2 is 0.857 bits per heavy atom. The molecule has 7 heavy (non-hydrogen) atoms. The molecule has 0 atom stereocenters. The van der Waals surface area contributed by atoms with Gasteiger partial charge in [-0.25, -0.2) is 0 Å². The van der Waals surface area contributed by atoms with Gasteiger partial charge in [0.05, 0.1) is 0 Å². The summed E-state index contributed by atoms with van der Waals surface area (Å²) < 4.78 is 0. The van der Waals surface area contributed by atoms with Crippen LogP contribution < -0.4 is 11.5 Å². The summed E-state index contributed by atoms with van der Waals surface area (Å²) in [7, 11) is 0. The predicted octanol–water partition coefficient (Wildman–Crippen LogP) is -3.04. The van der Waals surface area contributed by atoms with E-state index in [2.05, 4.69) is 0 Å². The van der Waals surface area contributed by atoms with E-state index in [1.807, 2.05) is 0 Å². The Hall–Kier alpha value is 4.83. The minimum atomic E-state index is 0. The Labute approximate surface area is 173 Å². The average Bonchev–Trinajstić information content (AvgIpc) is 1.37. The van der Waals surface area contributed by atoms with Gasteiger partial charge in [0.1, 0.15) is 0 Å². The molecule has 0 aliphatic heterocycles. The summed E-state index contributed by atoms with van der Waals surface area (Å²) >= 11 is 0. The topological polar surface area (TPSA) is 52.0 Å². The Balaban J connectivity index is -0.0000000150. The second-order valence-corrected chi connectivity index (χ2v) is 0.577. The van der Waals surface area contributed by atoms with Gasteiger partial charge < -0.3 is 11.5 Å². The van der Waals surface area contributed by atoms with Crippen molar-refractivity contribution in [3.05, 3.63) is 0 Å². The van der Waals surface area contributed by atoms with E-state index < -0.39 is 0 Å². The van der Waals surface area contributed by atoms with Crippen molar-refractivity contribution in [2.45, 2.75) is 0 Å². The van der Waals surface area contributed by atoms with Crippen molar-refractivity contribution in [2.24, 2.45) is 11.5 Å². The Bertz CT molecular complexity index is 12.9. The van der Waals surface area contributed by atoms with E-state index in [0.717, 1.165) is 0 Å². The molecule has 0 aromatic rings. The Morgan fingerprint density at radius 3 is 0.857 bits per heavy atom. The zero-order valence-corrected chi connectivity index (χ0v) is 2.57. The maximum atomic E-state index is 4.90. The summed E-state index contributed by atoms with van der Waals surface area (Å²) in [6.07, 6.45) is 0. The molecule has 32 valence electrons. The molecular weight excluding hydrogens is 169 g/mol. The Morgan fingerprint density at radius 1 is 0.714 bits per heavy atom. The first-order chi connectivity index (χ1) is 1.91. The molecule has 0 heterocycles. The van der Waals surface area contributed by atoms with Crippen molar-refractivity contribution in [3.63, 3.8) is 0 Å². The molecule has 0 radical (unpaired) electrons. The van der Waals surface area contributed by atoms with Crippen molar-refractivity contribution < 1.29 is 0 Å². The first-order valence-corrected chi connectivity index (χ1v) is 1.32. The van der Waals surface area contributed by atoms with Gasteiger partial charge in [0, 0.05) is 13.1 Å². The number of hydrogen-bond donors (Lipinski definition) is 2. The third-order valence-electron chi connectivity index (χ3n) is 0.167. The third-order valence-corrected chi connectivity index (χ3v) is 0.167. The summed E-state index contributed by atoms with van der Waals surface area (Å²) in [6, 6.07) is 0. The van der Waals surface area contributed by atoms with Crippen LogP contribution in [-0.4, -0.2) is 167 Å². The van der Waals surface area contributed by atoms with Crippen molar-refractivity contribution >= 4 is 154 Å². The molecule has 0 amide bonds. The quantitative estimate of drug-likeness (QED) is 0.422. The molecule has 0 aliphatic rings.